The fourth-order valence-electron chi connectivity index (χ4n) is 4.94. The van der Waals surface area contributed by atoms with Gasteiger partial charge in [0.1, 0.15) is 5.82 Å². The van der Waals surface area contributed by atoms with Crippen molar-refractivity contribution in [1.82, 2.24) is 14.9 Å². The van der Waals surface area contributed by atoms with Crippen LogP contribution in [0.25, 0.3) is 5.69 Å². The molecular weight excluding hydrogens is 443 g/mol. The normalized spacial score (nSPS) is 17.8. The van der Waals surface area contributed by atoms with Gasteiger partial charge in [-0.2, -0.15) is 0 Å². The van der Waals surface area contributed by atoms with Crippen LogP contribution in [0, 0.1) is 19.7 Å². The minimum absolute atomic E-state index is 0.108. The number of nitrogens with zero attached hydrogens (tertiary/aromatic N) is 3. The fraction of sp³-hybridized carbons (Fsp3) is 0.214. The molecule has 6 heteroatoms. The van der Waals surface area contributed by atoms with Gasteiger partial charge in [0.25, 0.3) is 0 Å². The number of nitrogens with one attached hydrogen (secondary N) is 1. The number of aryl methyl sites for hydroxylation is 2. The molecule has 1 fully saturated rings. The molecule has 1 aliphatic heterocycles. The largest absolute Gasteiger partial charge is 0.351 e. The second kappa shape index (κ2) is 9.03. The average molecular weight is 471 g/mol. The third-order valence-corrected chi connectivity index (χ3v) is 6.89. The van der Waals surface area contributed by atoms with Crippen LogP contribution in [0.3, 0.4) is 0 Å². The molecule has 0 radical (unpaired) electrons. The Morgan fingerprint density at radius 3 is 2.44 bits per heavy atom. The highest BCUT2D eigenvalue weighted by Crippen LogP contribution is 2.43. The number of pyridine rings is 1. The lowest BCUT2D eigenvalue weighted by Crippen LogP contribution is -2.29. The molecular formula is C28H27FN4S. The van der Waals surface area contributed by atoms with Gasteiger partial charge in [0.2, 0.25) is 0 Å². The van der Waals surface area contributed by atoms with Crippen LogP contribution in [0.5, 0.6) is 0 Å². The van der Waals surface area contributed by atoms with Crippen LogP contribution in [-0.2, 0) is 6.42 Å². The third kappa shape index (κ3) is 3.88. The summed E-state index contributed by atoms with van der Waals surface area (Å²) in [5, 5.41) is 4.19. The molecule has 0 aliphatic carbocycles. The van der Waals surface area contributed by atoms with E-state index >= 15 is 0 Å². The zero-order valence-corrected chi connectivity index (χ0v) is 20.3. The van der Waals surface area contributed by atoms with Crippen LogP contribution in [-0.4, -0.2) is 14.7 Å². The highest BCUT2D eigenvalue weighted by Gasteiger charge is 2.42. The van der Waals surface area contributed by atoms with Gasteiger partial charge in [0.05, 0.1) is 17.8 Å². The van der Waals surface area contributed by atoms with E-state index in [1.54, 1.807) is 12.1 Å². The van der Waals surface area contributed by atoms with Gasteiger partial charge in [0.15, 0.2) is 5.11 Å². The Balaban J connectivity index is 1.67. The number of thiocarbonyl (C=S) groups is 1. The van der Waals surface area contributed by atoms with Gasteiger partial charge in [0, 0.05) is 29.0 Å². The van der Waals surface area contributed by atoms with Crippen molar-refractivity contribution in [2.75, 3.05) is 4.90 Å². The lowest BCUT2D eigenvalue weighted by Gasteiger charge is -2.28. The smallest absolute Gasteiger partial charge is 0.174 e. The second-order valence-electron chi connectivity index (χ2n) is 8.66. The molecule has 4 aromatic rings. The van der Waals surface area contributed by atoms with Crippen molar-refractivity contribution in [1.29, 1.82) is 0 Å². The van der Waals surface area contributed by atoms with Crippen LogP contribution in [0.15, 0.2) is 79.0 Å². The number of aromatic nitrogens is 2. The summed E-state index contributed by atoms with van der Waals surface area (Å²) in [6.45, 7) is 6.29. The Bertz CT molecular complexity index is 1330. The van der Waals surface area contributed by atoms with Crippen LogP contribution < -0.4 is 10.2 Å². The summed E-state index contributed by atoms with van der Waals surface area (Å²) in [6.07, 6.45) is 2.80. The molecule has 1 N–H and O–H groups in total. The first kappa shape index (κ1) is 22.3. The summed E-state index contributed by atoms with van der Waals surface area (Å²) in [4.78, 5) is 6.84. The second-order valence-corrected chi connectivity index (χ2v) is 9.05. The van der Waals surface area contributed by atoms with Crippen LogP contribution in [0.1, 0.15) is 47.2 Å². The first-order chi connectivity index (χ1) is 16.5. The molecule has 2 aromatic carbocycles. The van der Waals surface area contributed by atoms with Crippen LogP contribution in [0.2, 0.25) is 0 Å². The van der Waals surface area contributed by atoms with E-state index in [1.165, 1.54) is 11.6 Å². The first-order valence-corrected chi connectivity index (χ1v) is 11.9. The minimum Gasteiger partial charge on any atom is -0.351 e. The molecule has 34 heavy (non-hydrogen) atoms. The van der Waals surface area contributed by atoms with Gasteiger partial charge >= 0.3 is 0 Å². The summed E-state index contributed by atoms with van der Waals surface area (Å²) in [5.41, 5.74) is 7.27. The lowest BCUT2D eigenvalue weighted by molar-refractivity contribution is 0.565. The van der Waals surface area contributed by atoms with Crippen molar-refractivity contribution in [3.8, 4) is 5.69 Å². The number of hydrogen-bond donors (Lipinski definition) is 1. The number of rotatable bonds is 5. The van der Waals surface area contributed by atoms with Gasteiger partial charge in [-0.15, -0.1) is 0 Å². The molecule has 0 amide bonds. The van der Waals surface area contributed by atoms with E-state index in [0.29, 0.717) is 5.11 Å². The van der Waals surface area contributed by atoms with Crippen molar-refractivity contribution in [3.05, 3.63) is 113 Å². The van der Waals surface area contributed by atoms with E-state index in [-0.39, 0.29) is 17.9 Å². The number of halogens is 1. The topological polar surface area (TPSA) is 33.1 Å². The molecule has 0 unspecified atom stereocenters. The van der Waals surface area contributed by atoms with E-state index in [4.69, 9.17) is 12.2 Å². The molecule has 3 heterocycles. The lowest BCUT2D eigenvalue weighted by atomic mass is 9.96. The van der Waals surface area contributed by atoms with Gasteiger partial charge in [-0.25, -0.2) is 4.39 Å². The van der Waals surface area contributed by atoms with E-state index < -0.39 is 0 Å². The Hall–Kier alpha value is -3.51. The minimum atomic E-state index is -0.251. The Labute approximate surface area is 205 Å². The van der Waals surface area contributed by atoms with E-state index in [1.807, 2.05) is 30.5 Å². The highest BCUT2D eigenvalue weighted by atomic mass is 32.1. The maximum absolute atomic E-state index is 14.0. The molecule has 1 saturated heterocycles. The van der Waals surface area contributed by atoms with Gasteiger partial charge in [-0.1, -0.05) is 31.2 Å². The quantitative estimate of drug-likeness (QED) is 0.344. The number of anilines is 1. The summed E-state index contributed by atoms with van der Waals surface area (Å²) in [5.74, 6) is -0.251. The monoisotopic (exact) mass is 470 g/mol. The predicted octanol–water partition coefficient (Wildman–Crippen LogP) is 6.37. The van der Waals surface area contributed by atoms with E-state index in [0.717, 1.165) is 40.4 Å². The summed E-state index contributed by atoms with van der Waals surface area (Å²) >= 11 is 5.86. The first-order valence-electron chi connectivity index (χ1n) is 11.5. The molecule has 0 bridgehead atoms. The Morgan fingerprint density at radius 1 is 0.971 bits per heavy atom. The van der Waals surface area contributed by atoms with Crippen molar-refractivity contribution < 1.29 is 4.39 Å². The van der Waals surface area contributed by atoms with Crippen molar-refractivity contribution in [3.63, 3.8) is 0 Å². The zero-order chi connectivity index (χ0) is 23.8. The zero-order valence-electron chi connectivity index (χ0n) is 19.5. The van der Waals surface area contributed by atoms with Gasteiger partial charge in [-0.3, -0.25) is 4.98 Å². The molecule has 0 spiro atoms. The molecule has 5 rings (SSSR count). The van der Waals surface area contributed by atoms with E-state index in [9.17, 15) is 4.39 Å². The van der Waals surface area contributed by atoms with Crippen molar-refractivity contribution in [2.24, 2.45) is 0 Å². The molecule has 2 atom stereocenters. The van der Waals surface area contributed by atoms with Gasteiger partial charge in [-0.05, 0) is 92.1 Å². The Kier molecular flexibility index (Phi) is 5.92. The average Bonchev–Trinajstić information content (AvgIpc) is 3.34. The van der Waals surface area contributed by atoms with Crippen molar-refractivity contribution >= 4 is 23.0 Å². The maximum atomic E-state index is 14.0. The SMILES string of the molecule is CCc1ccc(N2C(=S)N[C@@H](c3ccccn3)[C@H]2c2cc(C)n(-c3cccc(F)c3)c2C)cc1. The Morgan fingerprint density at radius 2 is 1.76 bits per heavy atom. The summed E-state index contributed by atoms with van der Waals surface area (Å²) < 4.78 is 16.2. The predicted molar refractivity (Wildman–Crippen MR) is 139 cm³/mol. The van der Waals surface area contributed by atoms with Crippen LogP contribution >= 0.6 is 12.2 Å². The van der Waals surface area contributed by atoms with Gasteiger partial charge < -0.3 is 14.8 Å². The van der Waals surface area contributed by atoms with Crippen LogP contribution in [0.4, 0.5) is 10.1 Å². The molecule has 2 aromatic heterocycles. The number of hydrogen-bond acceptors (Lipinski definition) is 2. The summed E-state index contributed by atoms with van der Waals surface area (Å²) in [7, 11) is 0. The number of benzene rings is 2. The highest BCUT2D eigenvalue weighted by molar-refractivity contribution is 7.80. The molecule has 0 saturated carbocycles. The molecule has 1 aliphatic rings. The molecule has 4 nitrogen and oxygen atoms in total. The van der Waals surface area contributed by atoms with Crippen molar-refractivity contribution in [2.45, 2.75) is 39.3 Å². The maximum Gasteiger partial charge on any atom is 0.174 e. The summed E-state index contributed by atoms with van der Waals surface area (Å²) in [6, 6.07) is 23.2. The fourth-order valence-corrected chi connectivity index (χ4v) is 5.29. The standard InChI is InChI=1S/C28H27FN4S/c1-4-20-11-13-22(14-12-20)33-27(26(31-28(33)34)25-10-5-6-15-30-25)24-16-18(2)32(19(24)3)23-9-7-8-21(29)17-23/h5-17,26-27H,4H2,1-3H3,(H,31,34)/t26-,27+/m0/s1. The third-order valence-electron chi connectivity index (χ3n) is 6.58. The molecule has 172 valence electrons. The van der Waals surface area contributed by atoms with E-state index in [2.05, 4.69) is 70.9 Å².